The lowest BCUT2D eigenvalue weighted by Gasteiger charge is -2.11. The fourth-order valence-corrected chi connectivity index (χ4v) is 2.87. The predicted octanol–water partition coefficient (Wildman–Crippen LogP) is 4.24. The van der Waals surface area contributed by atoms with E-state index in [-0.39, 0.29) is 12.5 Å². The average molecular weight is 322 g/mol. The normalized spacial score (nSPS) is 10.8. The zero-order valence-electron chi connectivity index (χ0n) is 14.1. The fraction of sp³-hybridized carbons (Fsp3) is 0.250. The molecule has 3 rings (SSSR count). The molecule has 1 N–H and O–H groups in total. The molecule has 0 unspecified atom stereocenters. The number of carbonyl (C=O) groups is 1. The van der Waals surface area contributed by atoms with Gasteiger partial charge < -0.3 is 14.6 Å². The summed E-state index contributed by atoms with van der Waals surface area (Å²) in [5.74, 6) is 0.825. The standard InChI is InChI=1S/C20H22N2O2/c1-3-15-7-5-6-8-18(15)21-20(23)14-22-12-11-16-13-17(24-4-2)9-10-19(16)22/h5-13H,3-4,14H2,1-2H3,(H,21,23). The van der Waals surface area contributed by atoms with Crippen LogP contribution in [0.2, 0.25) is 0 Å². The van der Waals surface area contributed by atoms with Gasteiger partial charge in [0.25, 0.3) is 0 Å². The minimum atomic E-state index is -0.0257. The minimum absolute atomic E-state index is 0.0257. The van der Waals surface area contributed by atoms with E-state index in [1.54, 1.807) is 0 Å². The van der Waals surface area contributed by atoms with Crippen LogP contribution in [0.4, 0.5) is 5.69 Å². The third kappa shape index (κ3) is 3.43. The first kappa shape index (κ1) is 16.1. The van der Waals surface area contributed by atoms with Gasteiger partial charge in [-0.25, -0.2) is 0 Å². The summed E-state index contributed by atoms with van der Waals surface area (Å²) in [5, 5.41) is 4.08. The van der Waals surface area contributed by atoms with E-state index < -0.39 is 0 Å². The molecule has 0 saturated carbocycles. The molecule has 2 aromatic carbocycles. The van der Waals surface area contributed by atoms with Gasteiger partial charge >= 0.3 is 0 Å². The highest BCUT2D eigenvalue weighted by Crippen LogP contribution is 2.22. The summed E-state index contributed by atoms with van der Waals surface area (Å²) >= 11 is 0. The molecule has 1 aromatic heterocycles. The number of aryl methyl sites for hydroxylation is 1. The van der Waals surface area contributed by atoms with E-state index in [1.165, 1.54) is 0 Å². The Labute approximate surface area is 142 Å². The Morgan fingerprint density at radius 3 is 2.75 bits per heavy atom. The molecule has 0 spiro atoms. The molecule has 3 aromatic rings. The number of aromatic nitrogens is 1. The molecular formula is C20H22N2O2. The lowest BCUT2D eigenvalue weighted by Crippen LogP contribution is -2.19. The Bertz CT molecular complexity index is 852. The van der Waals surface area contributed by atoms with Gasteiger partial charge in [-0.05, 0) is 49.2 Å². The van der Waals surface area contributed by atoms with Crippen LogP contribution in [0.15, 0.2) is 54.7 Å². The van der Waals surface area contributed by atoms with E-state index in [0.29, 0.717) is 6.61 Å². The first-order valence-corrected chi connectivity index (χ1v) is 8.30. The zero-order valence-corrected chi connectivity index (χ0v) is 14.1. The first-order chi connectivity index (χ1) is 11.7. The summed E-state index contributed by atoms with van der Waals surface area (Å²) in [6.45, 7) is 4.98. The van der Waals surface area contributed by atoms with E-state index in [2.05, 4.69) is 12.2 Å². The predicted molar refractivity (Wildman–Crippen MR) is 97.6 cm³/mol. The number of fused-ring (bicyclic) bond motifs is 1. The summed E-state index contributed by atoms with van der Waals surface area (Å²) in [4.78, 5) is 12.4. The number of hydrogen-bond donors (Lipinski definition) is 1. The van der Waals surface area contributed by atoms with Crippen molar-refractivity contribution in [2.75, 3.05) is 11.9 Å². The average Bonchev–Trinajstić information content (AvgIpc) is 2.98. The molecule has 4 heteroatoms. The topological polar surface area (TPSA) is 43.3 Å². The highest BCUT2D eigenvalue weighted by Gasteiger charge is 2.09. The van der Waals surface area contributed by atoms with Gasteiger partial charge in [0, 0.05) is 22.8 Å². The van der Waals surface area contributed by atoms with Crippen LogP contribution in [0.1, 0.15) is 19.4 Å². The molecule has 124 valence electrons. The molecule has 24 heavy (non-hydrogen) atoms. The van der Waals surface area contributed by atoms with Crippen molar-refractivity contribution in [2.24, 2.45) is 0 Å². The number of nitrogens with one attached hydrogen (secondary N) is 1. The molecule has 1 heterocycles. The van der Waals surface area contributed by atoms with Crippen LogP contribution < -0.4 is 10.1 Å². The molecular weight excluding hydrogens is 300 g/mol. The van der Waals surface area contributed by atoms with Crippen molar-refractivity contribution in [2.45, 2.75) is 26.8 Å². The Morgan fingerprint density at radius 1 is 1.12 bits per heavy atom. The zero-order chi connectivity index (χ0) is 16.9. The number of ether oxygens (including phenoxy) is 1. The quantitative estimate of drug-likeness (QED) is 0.737. The SMILES string of the molecule is CCOc1ccc2c(ccn2CC(=O)Nc2ccccc2CC)c1. The maximum Gasteiger partial charge on any atom is 0.244 e. The van der Waals surface area contributed by atoms with Crippen molar-refractivity contribution in [3.8, 4) is 5.75 Å². The Balaban J connectivity index is 1.76. The van der Waals surface area contributed by atoms with Gasteiger partial charge in [-0.2, -0.15) is 0 Å². The van der Waals surface area contributed by atoms with Crippen LogP contribution in [0, 0.1) is 0 Å². The number of rotatable bonds is 6. The van der Waals surface area contributed by atoms with Gasteiger partial charge in [0.15, 0.2) is 0 Å². The Morgan fingerprint density at radius 2 is 1.96 bits per heavy atom. The molecule has 0 saturated heterocycles. The third-order valence-electron chi connectivity index (χ3n) is 4.04. The highest BCUT2D eigenvalue weighted by molar-refractivity contribution is 5.92. The van der Waals surface area contributed by atoms with E-state index in [1.807, 2.05) is 66.2 Å². The van der Waals surface area contributed by atoms with Crippen molar-refractivity contribution < 1.29 is 9.53 Å². The van der Waals surface area contributed by atoms with Crippen molar-refractivity contribution >= 4 is 22.5 Å². The fourth-order valence-electron chi connectivity index (χ4n) is 2.87. The summed E-state index contributed by atoms with van der Waals surface area (Å²) in [6, 6.07) is 15.8. The van der Waals surface area contributed by atoms with Crippen LogP contribution in [0.25, 0.3) is 10.9 Å². The Hall–Kier alpha value is -2.75. The molecule has 4 nitrogen and oxygen atoms in total. The summed E-state index contributed by atoms with van der Waals surface area (Å²) in [7, 11) is 0. The largest absolute Gasteiger partial charge is 0.494 e. The van der Waals surface area contributed by atoms with Crippen molar-refractivity contribution in [3.63, 3.8) is 0 Å². The van der Waals surface area contributed by atoms with E-state index >= 15 is 0 Å². The molecule has 0 aliphatic rings. The first-order valence-electron chi connectivity index (χ1n) is 8.30. The van der Waals surface area contributed by atoms with Crippen LogP contribution in [-0.2, 0) is 17.8 Å². The van der Waals surface area contributed by atoms with Gasteiger partial charge in [0.2, 0.25) is 5.91 Å². The molecule has 0 radical (unpaired) electrons. The Kier molecular flexibility index (Phi) is 4.85. The second kappa shape index (κ2) is 7.21. The van der Waals surface area contributed by atoms with Gasteiger partial charge in [-0.15, -0.1) is 0 Å². The second-order valence-corrected chi connectivity index (χ2v) is 5.66. The molecule has 0 aliphatic heterocycles. The van der Waals surface area contributed by atoms with Gasteiger partial charge in [0.05, 0.1) is 6.61 Å². The molecule has 0 aliphatic carbocycles. The lowest BCUT2D eigenvalue weighted by molar-refractivity contribution is -0.116. The number of benzene rings is 2. The second-order valence-electron chi connectivity index (χ2n) is 5.66. The van der Waals surface area contributed by atoms with Crippen molar-refractivity contribution in [1.82, 2.24) is 4.57 Å². The lowest BCUT2D eigenvalue weighted by atomic mass is 10.1. The van der Waals surface area contributed by atoms with Crippen molar-refractivity contribution in [3.05, 3.63) is 60.3 Å². The molecule has 0 atom stereocenters. The van der Waals surface area contributed by atoms with E-state index in [0.717, 1.165) is 34.3 Å². The smallest absolute Gasteiger partial charge is 0.244 e. The molecule has 1 amide bonds. The van der Waals surface area contributed by atoms with Gasteiger partial charge in [-0.3, -0.25) is 4.79 Å². The van der Waals surface area contributed by atoms with E-state index in [9.17, 15) is 4.79 Å². The van der Waals surface area contributed by atoms with Crippen LogP contribution in [0.3, 0.4) is 0 Å². The summed E-state index contributed by atoms with van der Waals surface area (Å²) in [6.07, 6.45) is 2.83. The highest BCUT2D eigenvalue weighted by atomic mass is 16.5. The number of nitrogens with zero attached hydrogens (tertiary/aromatic N) is 1. The maximum absolute atomic E-state index is 12.4. The van der Waals surface area contributed by atoms with E-state index in [4.69, 9.17) is 4.74 Å². The minimum Gasteiger partial charge on any atom is -0.494 e. The summed E-state index contributed by atoms with van der Waals surface area (Å²) in [5.41, 5.74) is 3.06. The van der Waals surface area contributed by atoms with Gasteiger partial charge in [-0.1, -0.05) is 25.1 Å². The number of para-hydroxylation sites is 1. The van der Waals surface area contributed by atoms with Gasteiger partial charge in [0.1, 0.15) is 12.3 Å². The monoisotopic (exact) mass is 322 g/mol. The molecule has 0 bridgehead atoms. The number of anilines is 1. The number of hydrogen-bond acceptors (Lipinski definition) is 2. The maximum atomic E-state index is 12.4. The summed E-state index contributed by atoms with van der Waals surface area (Å²) < 4.78 is 7.47. The van der Waals surface area contributed by atoms with Crippen LogP contribution >= 0.6 is 0 Å². The molecule has 0 fully saturated rings. The third-order valence-corrected chi connectivity index (χ3v) is 4.04. The van der Waals surface area contributed by atoms with Crippen molar-refractivity contribution in [1.29, 1.82) is 0 Å². The van der Waals surface area contributed by atoms with Crippen LogP contribution in [0.5, 0.6) is 5.75 Å². The number of carbonyl (C=O) groups excluding carboxylic acids is 1. The van der Waals surface area contributed by atoms with Crippen LogP contribution in [-0.4, -0.2) is 17.1 Å². The number of amides is 1.